The third-order valence-electron chi connectivity index (χ3n) is 4.90. The van der Waals surface area contributed by atoms with E-state index >= 15 is 0 Å². The standard InChI is InChI=1S/C18H21N7O/c1-23-8-13(7-21-23)15-9-24(10-16(15)18(19)26)11-17-20-12-22-25(17)14-5-3-2-4-6-14/h2-8,12,15-16H,9-11H2,1H3,(H2,19,26)/t15-,16+/m1/s1. The van der Waals surface area contributed by atoms with Crippen LogP contribution in [0.2, 0.25) is 0 Å². The monoisotopic (exact) mass is 351 g/mol. The van der Waals surface area contributed by atoms with E-state index in [1.165, 1.54) is 0 Å². The molecule has 1 aliphatic rings. The molecular weight excluding hydrogens is 330 g/mol. The first-order valence-electron chi connectivity index (χ1n) is 8.56. The Labute approximate surface area is 151 Å². The second kappa shape index (κ2) is 6.72. The molecule has 1 amide bonds. The lowest BCUT2D eigenvalue weighted by Crippen LogP contribution is -2.29. The fourth-order valence-electron chi connectivity index (χ4n) is 3.63. The SMILES string of the molecule is Cn1cc([C@H]2CN(Cc3ncnn3-c3ccccc3)C[C@@H]2C(N)=O)cn1. The molecule has 0 aliphatic carbocycles. The largest absolute Gasteiger partial charge is 0.369 e. The average molecular weight is 351 g/mol. The van der Waals surface area contributed by atoms with Crippen LogP contribution in [0.1, 0.15) is 17.3 Å². The summed E-state index contributed by atoms with van der Waals surface area (Å²) in [6.07, 6.45) is 5.33. The fraction of sp³-hybridized carbons (Fsp3) is 0.333. The first-order valence-corrected chi connectivity index (χ1v) is 8.56. The molecule has 0 radical (unpaired) electrons. The summed E-state index contributed by atoms with van der Waals surface area (Å²) in [6.45, 7) is 1.95. The highest BCUT2D eigenvalue weighted by atomic mass is 16.1. The summed E-state index contributed by atoms with van der Waals surface area (Å²) in [5.74, 6) is 0.388. The van der Waals surface area contributed by atoms with Crippen LogP contribution in [0.4, 0.5) is 0 Å². The number of likely N-dealkylation sites (tertiary alicyclic amines) is 1. The van der Waals surface area contributed by atoms with Crippen molar-refractivity contribution in [1.82, 2.24) is 29.4 Å². The van der Waals surface area contributed by atoms with Crippen LogP contribution in [0.3, 0.4) is 0 Å². The highest BCUT2D eigenvalue weighted by molar-refractivity contribution is 5.78. The maximum atomic E-state index is 12.0. The lowest BCUT2D eigenvalue weighted by Gasteiger charge is -2.15. The maximum absolute atomic E-state index is 12.0. The molecule has 2 atom stereocenters. The van der Waals surface area contributed by atoms with E-state index in [0.29, 0.717) is 13.1 Å². The van der Waals surface area contributed by atoms with Gasteiger partial charge in [0, 0.05) is 32.3 Å². The molecule has 134 valence electrons. The summed E-state index contributed by atoms with van der Waals surface area (Å²) in [5, 5.41) is 8.57. The summed E-state index contributed by atoms with van der Waals surface area (Å²) < 4.78 is 3.58. The summed E-state index contributed by atoms with van der Waals surface area (Å²) in [6, 6.07) is 9.90. The van der Waals surface area contributed by atoms with Crippen molar-refractivity contribution in [1.29, 1.82) is 0 Å². The van der Waals surface area contributed by atoms with E-state index in [0.717, 1.165) is 23.6 Å². The molecule has 2 aromatic heterocycles. The van der Waals surface area contributed by atoms with Crippen LogP contribution in [0, 0.1) is 5.92 Å². The molecule has 1 aliphatic heterocycles. The highest BCUT2D eigenvalue weighted by Gasteiger charge is 2.38. The van der Waals surface area contributed by atoms with Gasteiger partial charge >= 0.3 is 0 Å². The van der Waals surface area contributed by atoms with E-state index in [1.54, 1.807) is 11.0 Å². The zero-order valence-electron chi connectivity index (χ0n) is 14.6. The first kappa shape index (κ1) is 16.5. The number of benzene rings is 1. The van der Waals surface area contributed by atoms with Gasteiger partial charge in [0.15, 0.2) is 0 Å². The van der Waals surface area contributed by atoms with Gasteiger partial charge in [-0.3, -0.25) is 14.4 Å². The Bertz CT molecular complexity index is 901. The van der Waals surface area contributed by atoms with Gasteiger partial charge in [-0.2, -0.15) is 10.2 Å². The summed E-state index contributed by atoms with van der Waals surface area (Å²) in [5.41, 5.74) is 7.67. The minimum absolute atomic E-state index is 0.0503. The van der Waals surface area contributed by atoms with Gasteiger partial charge in [0.25, 0.3) is 0 Å². The number of aryl methyl sites for hydroxylation is 1. The maximum Gasteiger partial charge on any atom is 0.222 e. The molecule has 0 saturated carbocycles. The Kier molecular flexibility index (Phi) is 4.26. The van der Waals surface area contributed by atoms with Crippen molar-refractivity contribution >= 4 is 5.91 Å². The third-order valence-corrected chi connectivity index (χ3v) is 4.90. The van der Waals surface area contributed by atoms with E-state index in [9.17, 15) is 4.79 Å². The van der Waals surface area contributed by atoms with Crippen LogP contribution in [-0.2, 0) is 18.4 Å². The predicted molar refractivity (Wildman–Crippen MR) is 95.3 cm³/mol. The lowest BCUT2D eigenvalue weighted by atomic mass is 9.90. The molecule has 4 rings (SSSR count). The van der Waals surface area contributed by atoms with Gasteiger partial charge in [0.05, 0.1) is 24.3 Å². The van der Waals surface area contributed by atoms with Crippen LogP contribution in [0.5, 0.6) is 0 Å². The number of hydrogen-bond acceptors (Lipinski definition) is 5. The van der Waals surface area contributed by atoms with Crippen molar-refractivity contribution in [2.45, 2.75) is 12.5 Å². The smallest absolute Gasteiger partial charge is 0.222 e. The van der Waals surface area contributed by atoms with Crippen LogP contribution in [-0.4, -0.2) is 48.4 Å². The second-order valence-corrected chi connectivity index (χ2v) is 6.68. The Balaban J connectivity index is 1.55. The number of hydrogen-bond donors (Lipinski definition) is 1. The zero-order chi connectivity index (χ0) is 18.1. The molecule has 26 heavy (non-hydrogen) atoms. The van der Waals surface area contributed by atoms with Gasteiger partial charge in [0.2, 0.25) is 5.91 Å². The highest BCUT2D eigenvalue weighted by Crippen LogP contribution is 2.33. The average Bonchev–Trinajstić information content (AvgIpc) is 3.35. The van der Waals surface area contributed by atoms with Crippen LogP contribution < -0.4 is 5.73 Å². The van der Waals surface area contributed by atoms with Crippen molar-refractivity contribution in [3.8, 4) is 5.69 Å². The molecule has 3 heterocycles. The molecule has 1 saturated heterocycles. The van der Waals surface area contributed by atoms with E-state index in [1.807, 2.05) is 54.5 Å². The third kappa shape index (κ3) is 3.11. The molecule has 0 bridgehead atoms. The molecule has 8 nitrogen and oxygen atoms in total. The van der Waals surface area contributed by atoms with Crippen LogP contribution in [0.15, 0.2) is 49.1 Å². The summed E-state index contributed by atoms with van der Waals surface area (Å²) >= 11 is 0. The topological polar surface area (TPSA) is 94.9 Å². The Morgan fingerprint density at radius 1 is 1.23 bits per heavy atom. The Morgan fingerprint density at radius 2 is 2.04 bits per heavy atom. The van der Waals surface area contributed by atoms with Crippen molar-refractivity contribution in [2.75, 3.05) is 13.1 Å². The lowest BCUT2D eigenvalue weighted by molar-refractivity contribution is -0.121. The number of amides is 1. The first-order chi connectivity index (χ1) is 12.6. The molecule has 8 heteroatoms. The van der Waals surface area contributed by atoms with Crippen molar-refractivity contribution < 1.29 is 4.79 Å². The van der Waals surface area contributed by atoms with Gasteiger partial charge in [-0.1, -0.05) is 18.2 Å². The van der Waals surface area contributed by atoms with Crippen molar-refractivity contribution in [3.63, 3.8) is 0 Å². The number of rotatable bonds is 5. The van der Waals surface area contributed by atoms with Crippen LogP contribution >= 0.6 is 0 Å². The second-order valence-electron chi connectivity index (χ2n) is 6.68. The van der Waals surface area contributed by atoms with Crippen molar-refractivity contribution in [2.24, 2.45) is 18.7 Å². The number of aromatic nitrogens is 5. The van der Waals surface area contributed by atoms with E-state index in [4.69, 9.17) is 5.73 Å². The predicted octanol–water partition coefficient (Wildman–Crippen LogP) is 0.702. The number of primary amides is 1. The van der Waals surface area contributed by atoms with Gasteiger partial charge in [-0.25, -0.2) is 9.67 Å². The number of carbonyl (C=O) groups is 1. The molecule has 3 aromatic rings. The summed E-state index contributed by atoms with van der Waals surface area (Å²) in [4.78, 5) is 18.6. The quantitative estimate of drug-likeness (QED) is 0.730. The van der Waals surface area contributed by atoms with Gasteiger partial charge in [-0.05, 0) is 17.7 Å². The molecule has 0 unspecified atom stereocenters. The summed E-state index contributed by atoms with van der Waals surface area (Å²) in [7, 11) is 1.87. The van der Waals surface area contributed by atoms with Gasteiger partial charge in [-0.15, -0.1) is 0 Å². The van der Waals surface area contributed by atoms with Crippen LogP contribution in [0.25, 0.3) is 5.69 Å². The number of nitrogens with two attached hydrogens (primary N) is 1. The molecule has 2 N–H and O–H groups in total. The van der Waals surface area contributed by atoms with Crippen molar-refractivity contribution in [3.05, 3.63) is 60.4 Å². The number of carbonyl (C=O) groups excluding carboxylic acids is 1. The minimum atomic E-state index is -0.272. The van der Waals surface area contributed by atoms with Gasteiger partial charge < -0.3 is 5.73 Å². The number of para-hydroxylation sites is 1. The molecule has 0 spiro atoms. The minimum Gasteiger partial charge on any atom is -0.369 e. The molecule has 1 fully saturated rings. The van der Waals surface area contributed by atoms with E-state index in [2.05, 4.69) is 20.1 Å². The zero-order valence-corrected chi connectivity index (χ0v) is 14.6. The Morgan fingerprint density at radius 3 is 2.73 bits per heavy atom. The van der Waals surface area contributed by atoms with E-state index < -0.39 is 0 Å². The fourth-order valence-corrected chi connectivity index (χ4v) is 3.63. The molecule has 1 aromatic carbocycles. The van der Waals surface area contributed by atoms with Gasteiger partial charge in [0.1, 0.15) is 12.2 Å². The Hall–Kier alpha value is -3.00. The molecular formula is C18H21N7O. The van der Waals surface area contributed by atoms with E-state index in [-0.39, 0.29) is 17.7 Å². The normalized spacial score (nSPS) is 20.5. The number of nitrogens with zero attached hydrogens (tertiary/aromatic N) is 6.